The van der Waals surface area contributed by atoms with Crippen LogP contribution in [0.4, 0.5) is 5.69 Å². The molecule has 0 radical (unpaired) electrons. The Bertz CT molecular complexity index is 774. The molecule has 1 amide bonds. The van der Waals surface area contributed by atoms with Crippen LogP contribution in [0, 0.1) is 0 Å². The molecule has 0 saturated heterocycles. The van der Waals surface area contributed by atoms with Gasteiger partial charge in [0.25, 0.3) is 0 Å². The molecule has 0 aliphatic heterocycles. The van der Waals surface area contributed by atoms with E-state index in [1.54, 1.807) is 36.4 Å². The fraction of sp³-hybridized carbons (Fsp3) is 0.235. The van der Waals surface area contributed by atoms with Gasteiger partial charge in [0, 0.05) is 5.69 Å². The van der Waals surface area contributed by atoms with Crippen molar-refractivity contribution in [2.45, 2.75) is 24.8 Å². The van der Waals surface area contributed by atoms with Crippen LogP contribution in [0.15, 0.2) is 59.5 Å². The largest absolute Gasteiger partial charge is 0.494 e. The van der Waals surface area contributed by atoms with Crippen molar-refractivity contribution in [3.05, 3.63) is 54.6 Å². The summed E-state index contributed by atoms with van der Waals surface area (Å²) in [7, 11) is -3.79. The molecule has 0 fully saturated rings. The molecule has 0 aliphatic carbocycles. The van der Waals surface area contributed by atoms with E-state index in [2.05, 4.69) is 10.0 Å². The highest BCUT2D eigenvalue weighted by Crippen LogP contribution is 2.16. The van der Waals surface area contributed by atoms with E-state index in [1.165, 1.54) is 19.1 Å². The van der Waals surface area contributed by atoms with Crippen LogP contribution in [-0.2, 0) is 14.8 Å². The maximum Gasteiger partial charge on any atom is 0.242 e. The third-order valence-electron chi connectivity index (χ3n) is 3.21. The van der Waals surface area contributed by atoms with Crippen LogP contribution in [0.2, 0.25) is 0 Å². The smallest absolute Gasteiger partial charge is 0.242 e. The Balaban J connectivity index is 2.03. The van der Waals surface area contributed by atoms with Gasteiger partial charge in [-0.2, -0.15) is 4.72 Å². The second-order valence-corrected chi connectivity index (χ2v) is 6.82. The van der Waals surface area contributed by atoms with E-state index in [0.29, 0.717) is 18.0 Å². The lowest BCUT2D eigenvalue weighted by molar-refractivity contribution is -0.117. The lowest BCUT2D eigenvalue weighted by Crippen LogP contribution is -2.41. The molecule has 0 spiro atoms. The number of anilines is 1. The summed E-state index contributed by atoms with van der Waals surface area (Å²) in [5, 5.41) is 2.66. The summed E-state index contributed by atoms with van der Waals surface area (Å²) in [6, 6.07) is 14.0. The predicted octanol–water partition coefficient (Wildman–Crippen LogP) is 2.39. The summed E-state index contributed by atoms with van der Waals surface area (Å²) in [5.41, 5.74) is 0.606. The summed E-state index contributed by atoms with van der Waals surface area (Å²) >= 11 is 0. The van der Waals surface area contributed by atoms with Crippen molar-refractivity contribution in [1.82, 2.24) is 4.72 Å². The van der Waals surface area contributed by atoms with Gasteiger partial charge in [0.15, 0.2) is 0 Å². The van der Waals surface area contributed by atoms with Crippen LogP contribution in [-0.4, -0.2) is 27.0 Å². The minimum absolute atomic E-state index is 0.0744. The number of carbonyl (C=O) groups is 1. The van der Waals surface area contributed by atoms with Crippen molar-refractivity contribution in [3.63, 3.8) is 0 Å². The quantitative estimate of drug-likeness (QED) is 0.805. The highest BCUT2D eigenvalue weighted by atomic mass is 32.2. The van der Waals surface area contributed by atoms with Crippen molar-refractivity contribution < 1.29 is 17.9 Å². The van der Waals surface area contributed by atoms with E-state index < -0.39 is 22.0 Å². The lowest BCUT2D eigenvalue weighted by atomic mass is 10.3. The standard InChI is InChI=1S/C17H20N2O4S/c1-3-23-15-9-11-16(12-10-15)24(21,22)19-13(2)17(20)18-14-7-5-4-6-8-14/h4-13,19H,3H2,1-2H3,(H,18,20)/t13-/m0/s1. The van der Waals surface area contributed by atoms with Gasteiger partial charge >= 0.3 is 0 Å². The first kappa shape index (κ1) is 18.0. The number of hydrogen-bond acceptors (Lipinski definition) is 4. The van der Waals surface area contributed by atoms with Crippen LogP contribution >= 0.6 is 0 Å². The molecule has 1 atom stereocenters. The number of para-hydroxylation sites is 1. The highest BCUT2D eigenvalue weighted by molar-refractivity contribution is 7.89. The average molecular weight is 348 g/mol. The zero-order valence-electron chi connectivity index (χ0n) is 13.5. The Morgan fingerprint density at radius 1 is 1.08 bits per heavy atom. The fourth-order valence-electron chi connectivity index (χ4n) is 2.01. The van der Waals surface area contributed by atoms with Crippen LogP contribution < -0.4 is 14.8 Å². The zero-order chi connectivity index (χ0) is 17.6. The first-order valence-electron chi connectivity index (χ1n) is 7.53. The average Bonchev–Trinajstić information content (AvgIpc) is 2.56. The molecule has 0 heterocycles. The Hall–Kier alpha value is -2.38. The summed E-state index contributed by atoms with van der Waals surface area (Å²) in [4.78, 5) is 12.2. The molecular weight excluding hydrogens is 328 g/mol. The number of benzene rings is 2. The van der Waals surface area contributed by atoms with E-state index in [-0.39, 0.29) is 4.90 Å². The number of hydrogen-bond donors (Lipinski definition) is 2. The Kier molecular flexibility index (Phi) is 5.94. The lowest BCUT2D eigenvalue weighted by Gasteiger charge is -2.14. The van der Waals surface area contributed by atoms with E-state index in [0.717, 1.165) is 0 Å². The van der Waals surface area contributed by atoms with Gasteiger partial charge in [0.2, 0.25) is 15.9 Å². The summed E-state index contributed by atoms with van der Waals surface area (Å²) < 4.78 is 32.3. The number of nitrogens with one attached hydrogen (secondary N) is 2. The molecule has 2 aromatic rings. The Labute approximate surface area is 141 Å². The van der Waals surface area contributed by atoms with Crippen molar-refractivity contribution in [1.29, 1.82) is 0 Å². The fourth-order valence-corrected chi connectivity index (χ4v) is 3.21. The molecule has 6 nitrogen and oxygen atoms in total. The predicted molar refractivity (Wildman–Crippen MR) is 92.5 cm³/mol. The van der Waals surface area contributed by atoms with Crippen molar-refractivity contribution in [2.24, 2.45) is 0 Å². The minimum Gasteiger partial charge on any atom is -0.494 e. The van der Waals surface area contributed by atoms with Gasteiger partial charge < -0.3 is 10.1 Å². The summed E-state index contributed by atoms with van der Waals surface area (Å²) in [6.07, 6.45) is 0. The van der Waals surface area contributed by atoms with Crippen LogP contribution in [0.5, 0.6) is 5.75 Å². The molecule has 2 N–H and O–H groups in total. The second kappa shape index (κ2) is 7.94. The Morgan fingerprint density at radius 3 is 2.29 bits per heavy atom. The molecular formula is C17H20N2O4S. The van der Waals surface area contributed by atoms with Gasteiger partial charge in [-0.3, -0.25) is 4.79 Å². The molecule has 0 aromatic heterocycles. The van der Waals surface area contributed by atoms with Gasteiger partial charge in [-0.25, -0.2) is 8.42 Å². The number of carbonyl (C=O) groups excluding carboxylic acids is 1. The van der Waals surface area contributed by atoms with Crippen molar-refractivity contribution in [3.8, 4) is 5.75 Å². The number of amides is 1. The summed E-state index contributed by atoms with van der Waals surface area (Å²) in [6.45, 7) is 3.84. The third kappa shape index (κ3) is 4.81. The van der Waals surface area contributed by atoms with E-state index in [9.17, 15) is 13.2 Å². The first-order valence-corrected chi connectivity index (χ1v) is 9.02. The van der Waals surface area contributed by atoms with E-state index in [4.69, 9.17) is 4.74 Å². The molecule has 24 heavy (non-hydrogen) atoms. The second-order valence-electron chi connectivity index (χ2n) is 5.10. The summed E-state index contributed by atoms with van der Waals surface area (Å²) in [5.74, 6) is 0.155. The molecule has 0 saturated carbocycles. The third-order valence-corrected chi connectivity index (χ3v) is 4.77. The highest BCUT2D eigenvalue weighted by Gasteiger charge is 2.22. The molecule has 0 bridgehead atoms. The normalized spacial score (nSPS) is 12.4. The molecule has 0 unspecified atom stereocenters. The molecule has 0 aliphatic rings. The zero-order valence-corrected chi connectivity index (χ0v) is 14.3. The van der Waals surface area contributed by atoms with Gasteiger partial charge in [-0.05, 0) is 50.2 Å². The molecule has 2 aromatic carbocycles. The molecule has 128 valence electrons. The topological polar surface area (TPSA) is 84.5 Å². The van der Waals surface area contributed by atoms with Gasteiger partial charge in [-0.15, -0.1) is 0 Å². The van der Waals surface area contributed by atoms with Crippen molar-refractivity contribution >= 4 is 21.6 Å². The Morgan fingerprint density at radius 2 is 1.71 bits per heavy atom. The molecule has 2 rings (SSSR count). The van der Waals surface area contributed by atoms with Gasteiger partial charge in [-0.1, -0.05) is 18.2 Å². The van der Waals surface area contributed by atoms with Crippen LogP contribution in [0.25, 0.3) is 0 Å². The van der Waals surface area contributed by atoms with E-state index in [1.807, 2.05) is 13.0 Å². The maximum absolute atomic E-state index is 12.3. The van der Waals surface area contributed by atoms with Gasteiger partial charge in [0.05, 0.1) is 17.5 Å². The minimum atomic E-state index is -3.79. The number of rotatable bonds is 7. The van der Waals surface area contributed by atoms with Gasteiger partial charge in [0.1, 0.15) is 5.75 Å². The van der Waals surface area contributed by atoms with Crippen molar-refractivity contribution in [2.75, 3.05) is 11.9 Å². The molecule has 7 heteroatoms. The number of sulfonamides is 1. The first-order chi connectivity index (χ1) is 11.4. The maximum atomic E-state index is 12.3. The monoisotopic (exact) mass is 348 g/mol. The SMILES string of the molecule is CCOc1ccc(S(=O)(=O)N[C@@H](C)C(=O)Nc2ccccc2)cc1. The van der Waals surface area contributed by atoms with Crippen LogP contribution in [0.1, 0.15) is 13.8 Å². The van der Waals surface area contributed by atoms with Crippen LogP contribution in [0.3, 0.4) is 0 Å². The number of ether oxygens (including phenoxy) is 1. The van der Waals surface area contributed by atoms with E-state index >= 15 is 0 Å².